The number of amides is 1. The zero-order valence-corrected chi connectivity index (χ0v) is 13.2. The molecule has 0 radical (unpaired) electrons. The average molecular weight is 323 g/mol. The van der Waals surface area contributed by atoms with Crippen LogP contribution in [0, 0.1) is 0 Å². The van der Waals surface area contributed by atoms with Crippen LogP contribution >= 0.6 is 11.3 Å². The highest BCUT2D eigenvalue weighted by Crippen LogP contribution is 2.12. The first-order valence-corrected chi connectivity index (χ1v) is 7.92. The van der Waals surface area contributed by atoms with Gasteiger partial charge < -0.3 is 9.64 Å². The molecule has 1 aliphatic heterocycles. The highest BCUT2D eigenvalue weighted by Gasteiger charge is 2.26. The van der Waals surface area contributed by atoms with Gasteiger partial charge in [0.1, 0.15) is 11.5 Å². The van der Waals surface area contributed by atoms with Gasteiger partial charge in [0, 0.05) is 13.1 Å². The molecule has 3 rings (SSSR count). The number of hydrogen-bond acceptors (Lipinski definition) is 6. The molecular formula is C13H17N5O3S. The van der Waals surface area contributed by atoms with E-state index in [1.54, 1.807) is 11.0 Å². The van der Waals surface area contributed by atoms with Gasteiger partial charge in [0.2, 0.25) is 5.91 Å². The molecule has 8 nitrogen and oxygen atoms in total. The van der Waals surface area contributed by atoms with E-state index < -0.39 is 5.69 Å². The van der Waals surface area contributed by atoms with Gasteiger partial charge in [-0.2, -0.15) is 9.36 Å². The molecule has 3 heterocycles. The molecule has 1 saturated heterocycles. The summed E-state index contributed by atoms with van der Waals surface area (Å²) in [7, 11) is 0. The number of aromatic nitrogens is 4. The van der Waals surface area contributed by atoms with E-state index in [-0.39, 0.29) is 24.7 Å². The molecular weight excluding hydrogens is 306 g/mol. The molecule has 0 bridgehead atoms. The summed E-state index contributed by atoms with van der Waals surface area (Å²) < 4.78 is 7.89. The van der Waals surface area contributed by atoms with Crippen molar-refractivity contribution in [1.29, 1.82) is 0 Å². The van der Waals surface area contributed by atoms with E-state index in [2.05, 4.69) is 10.4 Å². The van der Waals surface area contributed by atoms with Gasteiger partial charge in [-0.25, -0.2) is 4.79 Å². The number of hydrogen-bond donors (Lipinski definition) is 0. The molecule has 1 amide bonds. The Balaban J connectivity index is 1.74. The van der Waals surface area contributed by atoms with E-state index in [4.69, 9.17) is 4.74 Å². The number of thiophene rings is 1. The number of ether oxygens (including phenoxy) is 1. The quantitative estimate of drug-likeness (QED) is 0.802. The fourth-order valence-electron chi connectivity index (χ4n) is 2.51. The Kier molecular flexibility index (Phi) is 4.08. The summed E-state index contributed by atoms with van der Waals surface area (Å²) in [4.78, 5) is 26.3. The lowest BCUT2D eigenvalue weighted by Crippen LogP contribution is -2.49. The van der Waals surface area contributed by atoms with Crippen molar-refractivity contribution >= 4 is 17.2 Å². The predicted molar refractivity (Wildman–Crippen MR) is 80.1 cm³/mol. The highest BCUT2D eigenvalue weighted by atomic mass is 32.1. The van der Waals surface area contributed by atoms with E-state index in [1.807, 2.05) is 25.3 Å². The maximum atomic E-state index is 12.3. The molecule has 0 spiro atoms. The van der Waals surface area contributed by atoms with Crippen molar-refractivity contribution in [3.8, 4) is 5.00 Å². The van der Waals surface area contributed by atoms with Crippen molar-refractivity contribution in [3.63, 3.8) is 0 Å². The van der Waals surface area contributed by atoms with Gasteiger partial charge in [0.25, 0.3) is 0 Å². The van der Waals surface area contributed by atoms with Crippen LogP contribution in [0.4, 0.5) is 0 Å². The van der Waals surface area contributed by atoms with Gasteiger partial charge in [-0.1, -0.05) is 0 Å². The van der Waals surface area contributed by atoms with Crippen LogP contribution < -0.4 is 5.69 Å². The second-order valence-electron chi connectivity index (χ2n) is 5.34. The summed E-state index contributed by atoms with van der Waals surface area (Å²) in [6.07, 6.45) is -0.0163. The van der Waals surface area contributed by atoms with Crippen LogP contribution in [-0.2, 0) is 16.1 Å². The van der Waals surface area contributed by atoms with Crippen molar-refractivity contribution in [2.24, 2.45) is 0 Å². The Bertz CT molecular complexity index is 698. The van der Waals surface area contributed by atoms with Crippen molar-refractivity contribution in [1.82, 2.24) is 24.7 Å². The van der Waals surface area contributed by atoms with Gasteiger partial charge in [-0.15, -0.1) is 11.3 Å². The Hall–Kier alpha value is -2.00. The first-order valence-electron chi connectivity index (χ1n) is 7.04. The number of carbonyl (C=O) groups excluding carboxylic acids is 1. The third-order valence-electron chi connectivity index (χ3n) is 3.41. The third-order valence-corrected chi connectivity index (χ3v) is 4.26. The normalized spacial score (nSPS) is 22.0. The first kappa shape index (κ1) is 14.9. The summed E-state index contributed by atoms with van der Waals surface area (Å²) in [6, 6.07) is 3.60. The van der Waals surface area contributed by atoms with E-state index in [1.165, 1.54) is 16.0 Å². The van der Waals surface area contributed by atoms with E-state index in [0.29, 0.717) is 18.1 Å². The number of morpholine rings is 1. The average Bonchev–Trinajstić information content (AvgIpc) is 3.08. The number of rotatable bonds is 3. The fraction of sp³-hybridized carbons (Fsp3) is 0.538. The van der Waals surface area contributed by atoms with Crippen molar-refractivity contribution in [2.75, 3.05) is 13.1 Å². The van der Waals surface area contributed by atoms with E-state index >= 15 is 0 Å². The van der Waals surface area contributed by atoms with Gasteiger partial charge in [-0.3, -0.25) is 4.79 Å². The van der Waals surface area contributed by atoms with Gasteiger partial charge >= 0.3 is 5.69 Å². The van der Waals surface area contributed by atoms with Crippen LogP contribution in [0.15, 0.2) is 22.3 Å². The number of tetrazole rings is 1. The standard InChI is InChI=1S/C13H17N5O3S/c1-9-6-16(7-10(2)21-9)11(19)8-17-13(20)18(15-14-17)12-4-3-5-22-12/h3-5,9-10H,6-8H2,1-2H3/t9-,10+. The van der Waals surface area contributed by atoms with Crippen molar-refractivity contribution in [2.45, 2.75) is 32.6 Å². The summed E-state index contributed by atoms with van der Waals surface area (Å²) >= 11 is 1.39. The Morgan fingerprint density at radius 3 is 2.73 bits per heavy atom. The van der Waals surface area contributed by atoms with Crippen molar-refractivity contribution < 1.29 is 9.53 Å². The maximum Gasteiger partial charge on any atom is 0.369 e. The molecule has 2 atom stereocenters. The molecule has 9 heteroatoms. The molecule has 0 saturated carbocycles. The smallest absolute Gasteiger partial charge is 0.369 e. The van der Waals surface area contributed by atoms with Crippen molar-refractivity contribution in [3.05, 3.63) is 28.0 Å². The monoisotopic (exact) mass is 323 g/mol. The van der Waals surface area contributed by atoms with Crippen LogP contribution in [0.5, 0.6) is 0 Å². The van der Waals surface area contributed by atoms with Crippen LogP contribution in [0.25, 0.3) is 5.00 Å². The SMILES string of the molecule is C[C@@H]1CN(C(=O)Cn2nnn(-c3cccs3)c2=O)C[C@H](C)O1. The molecule has 0 aromatic carbocycles. The Labute approximate surface area is 130 Å². The molecule has 2 aromatic heterocycles. The lowest BCUT2D eigenvalue weighted by atomic mass is 10.2. The van der Waals surface area contributed by atoms with Gasteiger partial charge in [0.15, 0.2) is 0 Å². The lowest BCUT2D eigenvalue weighted by Gasteiger charge is -2.35. The predicted octanol–water partition coefficient (Wildman–Crippen LogP) is 0.126. The minimum Gasteiger partial charge on any atom is -0.372 e. The second-order valence-corrected chi connectivity index (χ2v) is 6.26. The molecule has 118 valence electrons. The number of carbonyl (C=O) groups is 1. The minimum atomic E-state index is -0.412. The Morgan fingerprint density at radius 1 is 1.36 bits per heavy atom. The molecule has 0 N–H and O–H groups in total. The van der Waals surface area contributed by atoms with Crippen LogP contribution in [0.3, 0.4) is 0 Å². The Morgan fingerprint density at radius 2 is 2.09 bits per heavy atom. The molecule has 22 heavy (non-hydrogen) atoms. The van der Waals surface area contributed by atoms with Gasteiger partial charge in [-0.05, 0) is 41.8 Å². The van der Waals surface area contributed by atoms with Gasteiger partial charge in [0.05, 0.1) is 12.2 Å². The molecule has 0 aliphatic carbocycles. The van der Waals surface area contributed by atoms with Crippen LogP contribution in [0.1, 0.15) is 13.8 Å². The minimum absolute atomic E-state index is 0.00813. The summed E-state index contributed by atoms with van der Waals surface area (Å²) in [5, 5.41) is 10.1. The topological polar surface area (TPSA) is 82.3 Å². The lowest BCUT2D eigenvalue weighted by molar-refractivity contribution is -0.144. The second kappa shape index (κ2) is 6.01. The first-order chi connectivity index (χ1) is 10.5. The summed E-state index contributed by atoms with van der Waals surface area (Å²) in [5.74, 6) is -0.151. The third kappa shape index (κ3) is 2.95. The number of nitrogens with zero attached hydrogens (tertiary/aromatic N) is 5. The zero-order valence-electron chi connectivity index (χ0n) is 12.4. The fourth-order valence-corrected chi connectivity index (χ4v) is 3.18. The van der Waals surface area contributed by atoms with Crippen LogP contribution in [0.2, 0.25) is 0 Å². The van der Waals surface area contributed by atoms with E-state index in [9.17, 15) is 9.59 Å². The largest absolute Gasteiger partial charge is 0.372 e. The highest BCUT2D eigenvalue weighted by molar-refractivity contribution is 7.12. The summed E-state index contributed by atoms with van der Waals surface area (Å²) in [5.41, 5.74) is -0.412. The molecule has 1 fully saturated rings. The summed E-state index contributed by atoms with van der Waals surface area (Å²) in [6.45, 7) is 4.79. The molecule has 0 unspecified atom stereocenters. The molecule has 1 aliphatic rings. The van der Waals surface area contributed by atoms with Crippen LogP contribution in [-0.4, -0.2) is 55.9 Å². The maximum absolute atomic E-state index is 12.3. The molecule has 2 aromatic rings. The zero-order chi connectivity index (χ0) is 15.7. The van der Waals surface area contributed by atoms with E-state index in [0.717, 1.165) is 4.68 Å².